The molecule has 0 radical (unpaired) electrons. The van der Waals surface area contributed by atoms with Gasteiger partial charge in [-0.3, -0.25) is 4.79 Å². The highest BCUT2D eigenvalue weighted by Crippen LogP contribution is 2.25. The molecule has 1 unspecified atom stereocenters. The number of aryl methyl sites for hydroxylation is 2. The molecule has 20 heavy (non-hydrogen) atoms. The zero-order valence-electron chi connectivity index (χ0n) is 12.6. The molecular formula is C15H21NO4. The van der Waals surface area contributed by atoms with Gasteiger partial charge in [0.1, 0.15) is 18.4 Å². The van der Waals surface area contributed by atoms with E-state index < -0.39 is 0 Å². The van der Waals surface area contributed by atoms with Gasteiger partial charge in [-0.1, -0.05) is 0 Å². The second-order valence-electron chi connectivity index (χ2n) is 4.77. The van der Waals surface area contributed by atoms with E-state index in [-0.39, 0.29) is 24.6 Å². The molecule has 5 heteroatoms. The maximum Gasteiger partial charge on any atom is 0.328 e. The lowest BCUT2D eigenvalue weighted by Gasteiger charge is -2.15. The van der Waals surface area contributed by atoms with Gasteiger partial charge in [0.15, 0.2) is 0 Å². The smallest absolute Gasteiger partial charge is 0.328 e. The lowest BCUT2D eigenvalue weighted by atomic mass is 10.1. The minimum Gasteiger partial charge on any atom is -0.461 e. The first-order valence-electron chi connectivity index (χ1n) is 6.47. The molecule has 5 nitrogen and oxygen atoms in total. The van der Waals surface area contributed by atoms with Crippen LogP contribution < -0.4 is 10.1 Å². The van der Waals surface area contributed by atoms with Gasteiger partial charge in [0.2, 0.25) is 0 Å². The van der Waals surface area contributed by atoms with Crippen molar-refractivity contribution in [1.29, 1.82) is 0 Å². The Hall–Kier alpha value is -1.88. The molecule has 1 N–H and O–H groups in total. The molecule has 1 atom stereocenters. The second kappa shape index (κ2) is 7.05. The minimum atomic E-state index is -0.366. The Labute approximate surface area is 119 Å². The number of hydrogen-bond donors (Lipinski definition) is 1. The van der Waals surface area contributed by atoms with Gasteiger partial charge in [-0.25, -0.2) is 4.79 Å². The molecule has 0 heterocycles. The predicted octanol–water partition coefficient (Wildman–Crippen LogP) is 1.88. The van der Waals surface area contributed by atoms with Crippen molar-refractivity contribution in [2.24, 2.45) is 0 Å². The fourth-order valence-corrected chi connectivity index (χ4v) is 1.78. The quantitative estimate of drug-likeness (QED) is 0.658. The third-order valence-electron chi connectivity index (χ3n) is 2.95. The van der Waals surface area contributed by atoms with E-state index >= 15 is 0 Å². The number of carbonyl (C=O) groups is 2. The van der Waals surface area contributed by atoms with Gasteiger partial charge in [-0.2, -0.15) is 0 Å². The fraction of sp³-hybridized carbons (Fsp3) is 0.467. The Bertz CT molecular complexity index is 488. The Kier molecular flexibility index (Phi) is 5.70. The average molecular weight is 279 g/mol. The minimum absolute atomic E-state index is 0.220. The van der Waals surface area contributed by atoms with Crippen LogP contribution in [0.15, 0.2) is 12.1 Å². The molecule has 1 aromatic carbocycles. The summed E-state index contributed by atoms with van der Waals surface area (Å²) in [4.78, 5) is 22.6. The molecule has 1 aromatic rings. The molecule has 0 amide bonds. The summed E-state index contributed by atoms with van der Waals surface area (Å²) >= 11 is 0. The zero-order chi connectivity index (χ0) is 15.3. The van der Waals surface area contributed by atoms with Crippen LogP contribution in [-0.4, -0.2) is 25.0 Å². The largest absolute Gasteiger partial charge is 0.461 e. The van der Waals surface area contributed by atoms with E-state index in [0.717, 1.165) is 16.7 Å². The fourth-order valence-electron chi connectivity index (χ4n) is 1.78. The molecule has 0 aliphatic heterocycles. The number of likely N-dealkylation sites (N-methyl/N-ethyl adjacent to an activating group) is 1. The number of ether oxygens (including phenoxy) is 2. The molecule has 110 valence electrons. The second-order valence-corrected chi connectivity index (χ2v) is 4.77. The Morgan fingerprint density at radius 2 is 1.80 bits per heavy atom. The normalized spacial score (nSPS) is 11.8. The summed E-state index contributed by atoms with van der Waals surface area (Å²) < 4.78 is 10.4. The van der Waals surface area contributed by atoms with Crippen LogP contribution in [0.2, 0.25) is 0 Å². The van der Waals surface area contributed by atoms with Gasteiger partial charge in [0.05, 0.1) is 0 Å². The molecular weight excluding hydrogens is 258 g/mol. The first-order chi connectivity index (χ1) is 9.35. The number of esters is 2. The van der Waals surface area contributed by atoms with Crippen LogP contribution in [-0.2, 0) is 20.9 Å². The lowest BCUT2D eigenvalue weighted by Crippen LogP contribution is -2.34. The van der Waals surface area contributed by atoms with E-state index in [1.807, 2.05) is 26.0 Å². The highest BCUT2D eigenvalue weighted by atomic mass is 16.5. The van der Waals surface area contributed by atoms with E-state index in [1.54, 1.807) is 14.0 Å². The van der Waals surface area contributed by atoms with Crippen molar-refractivity contribution in [3.05, 3.63) is 28.8 Å². The standard InChI is InChI=1S/C15H21NO4/c1-9-6-13(8-19-12(4)17)7-10(2)14(9)20-15(18)11(3)16-5/h6-7,11,16H,8H2,1-5H3. The first-order valence-corrected chi connectivity index (χ1v) is 6.47. The van der Waals surface area contributed by atoms with Crippen molar-refractivity contribution in [2.75, 3.05) is 7.05 Å². The third kappa shape index (κ3) is 4.35. The van der Waals surface area contributed by atoms with Gasteiger partial charge < -0.3 is 14.8 Å². The van der Waals surface area contributed by atoms with Crippen LogP contribution in [0, 0.1) is 13.8 Å². The van der Waals surface area contributed by atoms with Crippen molar-refractivity contribution in [2.45, 2.75) is 40.3 Å². The number of rotatable bonds is 5. The van der Waals surface area contributed by atoms with Crippen molar-refractivity contribution in [3.8, 4) is 5.75 Å². The predicted molar refractivity (Wildman–Crippen MR) is 75.5 cm³/mol. The summed E-state index contributed by atoms with van der Waals surface area (Å²) in [6.45, 7) is 7.04. The number of benzene rings is 1. The topological polar surface area (TPSA) is 64.6 Å². The SMILES string of the molecule is CNC(C)C(=O)Oc1c(C)cc(COC(C)=O)cc1C. The molecule has 0 aliphatic rings. The summed E-state index contributed by atoms with van der Waals surface area (Å²) in [5, 5.41) is 2.84. The van der Waals surface area contributed by atoms with E-state index in [9.17, 15) is 9.59 Å². The Morgan fingerprint density at radius 1 is 1.25 bits per heavy atom. The van der Waals surface area contributed by atoms with Crippen LogP contribution in [0.25, 0.3) is 0 Å². The maximum atomic E-state index is 11.8. The van der Waals surface area contributed by atoms with Gasteiger partial charge >= 0.3 is 11.9 Å². The monoisotopic (exact) mass is 279 g/mol. The number of carbonyl (C=O) groups excluding carboxylic acids is 2. The molecule has 0 aromatic heterocycles. The van der Waals surface area contributed by atoms with Gasteiger partial charge in [-0.15, -0.1) is 0 Å². The van der Waals surface area contributed by atoms with E-state index in [1.165, 1.54) is 6.92 Å². The molecule has 0 fully saturated rings. The first kappa shape index (κ1) is 16.2. The van der Waals surface area contributed by atoms with Crippen LogP contribution in [0.5, 0.6) is 5.75 Å². The third-order valence-corrected chi connectivity index (χ3v) is 2.95. The van der Waals surface area contributed by atoms with Crippen molar-refractivity contribution in [1.82, 2.24) is 5.32 Å². The van der Waals surface area contributed by atoms with Crippen LogP contribution in [0.1, 0.15) is 30.5 Å². The average Bonchev–Trinajstić information content (AvgIpc) is 2.39. The van der Waals surface area contributed by atoms with Crippen molar-refractivity contribution in [3.63, 3.8) is 0 Å². The van der Waals surface area contributed by atoms with Crippen LogP contribution in [0.3, 0.4) is 0 Å². The molecule has 0 bridgehead atoms. The number of nitrogens with one attached hydrogen (secondary N) is 1. The summed E-state index contributed by atoms with van der Waals surface area (Å²) in [6, 6.07) is 3.33. The van der Waals surface area contributed by atoms with E-state index in [0.29, 0.717) is 5.75 Å². The van der Waals surface area contributed by atoms with Crippen LogP contribution in [0.4, 0.5) is 0 Å². The zero-order valence-corrected chi connectivity index (χ0v) is 12.6. The summed E-state index contributed by atoms with van der Waals surface area (Å²) in [7, 11) is 1.70. The van der Waals surface area contributed by atoms with E-state index in [2.05, 4.69) is 5.32 Å². The van der Waals surface area contributed by atoms with E-state index in [4.69, 9.17) is 9.47 Å². The van der Waals surface area contributed by atoms with Crippen molar-refractivity contribution < 1.29 is 19.1 Å². The Morgan fingerprint density at radius 3 is 2.25 bits per heavy atom. The van der Waals surface area contributed by atoms with Crippen LogP contribution >= 0.6 is 0 Å². The summed E-state index contributed by atoms with van der Waals surface area (Å²) in [5.74, 6) is -0.0891. The highest BCUT2D eigenvalue weighted by Gasteiger charge is 2.16. The summed E-state index contributed by atoms with van der Waals surface area (Å²) in [6.07, 6.45) is 0. The number of hydrogen-bond acceptors (Lipinski definition) is 5. The lowest BCUT2D eigenvalue weighted by molar-refractivity contribution is -0.142. The van der Waals surface area contributed by atoms with Gasteiger partial charge in [0, 0.05) is 6.92 Å². The maximum absolute atomic E-state index is 11.8. The molecule has 0 aliphatic carbocycles. The van der Waals surface area contributed by atoms with Gasteiger partial charge in [-0.05, 0) is 56.6 Å². The van der Waals surface area contributed by atoms with Gasteiger partial charge in [0.25, 0.3) is 0 Å². The Balaban J connectivity index is 2.89. The molecule has 0 saturated carbocycles. The van der Waals surface area contributed by atoms with Crippen molar-refractivity contribution >= 4 is 11.9 Å². The summed E-state index contributed by atoms with van der Waals surface area (Å²) in [5.41, 5.74) is 2.55. The highest BCUT2D eigenvalue weighted by molar-refractivity contribution is 5.78. The molecule has 0 spiro atoms. The molecule has 1 rings (SSSR count). The molecule has 0 saturated heterocycles.